The van der Waals surface area contributed by atoms with Crippen molar-refractivity contribution in [1.29, 1.82) is 0 Å². The summed E-state index contributed by atoms with van der Waals surface area (Å²) < 4.78 is 79.0. The highest BCUT2D eigenvalue weighted by molar-refractivity contribution is 5.82. The zero-order valence-corrected chi connectivity index (χ0v) is 20.0. The van der Waals surface area contributed by atoms with Gasteiger partial charge in [-0.05, 0) is 67.6 Å². The van der Waals surface area contributed by atoms with Crippen LogP contribution in [0.25, 0.3) is 0 Å². The number of piperidine rings is 1. The Kier molecular flexibility index (Phi) is 8.22. The van der Waals surface area contributed by atoms with E-state index in [4.69, 9.17) is 0 Å². The molecule has 198 valence electrons. The van der Waals surface area contributed by atoms with E-state index in [2.05, 4.69) is 15.2 Å². The van der Waals surface area contributed by atoms with Gasteiger partial charge < -0.3 is 10.3 Å². The molecule has 0 radical (unpaired) electrons. The van der Waals surface area contributed by atoms with Crippen LogP contribution in [-0.4, -0.2) is 28.9 Å². The number of alkyl halides is 6. The van der Waals surface area contributed by atoms with Crippen LogP contribution in [0.5, 0.6) is 0 Å². The van der Waals surface area contributed by atoms with Gasteiger partial charge in [0.25, 0.3) is 0 Å². The Balaban J connectivity index is 1.72. The molecule has 1 aromatic heterocycles. The molecule has 11 heteroatoms. The molecule has 2 heterocycles. The number of hydrogen-bond donors (Lipinski definition) is 2. The van der Waals surface area contributed by atoms with Crippen molar-refractivity contribution in [2.75, 3.05) is 13.1 Å². The summed E-state index contributed by atoms with van der Waals surface area (Å²) in [7, 11) is 0. The third-order valence-corrected chi connectivity index (χ3v) is 6.45. The molecule has 36 heavy (non-hydrogen) atoms. The zero-order chi connectivity index (χ0) is 26.7. The first-order chi connectivity index (χ1) is 16.7. The molecule has 0 unspecified atom stereocenters. The lowest BCUT2D eigenvalue weighted by atomic mass is 9.72. The number of pyridine rings is 1. The van der Waals surface area contributed by atoms with E-state index in [0.717, 1.165) is 5.56 Å². The summed E-state index contributed by atoms with van der Waals surface area (Å²) in [6.45, 7) is 5.24. The van der Waals surface area contributed by atoms with Gasteiger partial charge in [-0.15, -0.1) is 0 Å². The highest BCUT2D eigenvalue weighted by atomic mass is 19.4. The molecule has 1 aliphatic heterocycles. The van der Waals surface area contributed by atoms with E-state index in [1.807, 2.05) is 13.8 Å². The van der Waals surface area contributed by atoms with Gasteiger partial charge in [-0.3, -0.25) is 14.5 Å². The zero-order valence-electron chi connectivity index (χ0n) is 20.0. The summed E-state index contributed by atoms with van der Waals surface area (Å²) in [6, 6.07) is 4.51. The fourth-order valence-electron chi connectivity index (χ4n) is 4.74. The number of rotatable bonds is 7. The first-order valence-electron chi connectivity index (χ1n) is 11.6. The van der Waals surface area contributed by atoms with E-state index in [-0.39, 0.29) is 29.0 Å². The summed E-state index contributed by atoms with van der Waals surface area (Å²) in [4.78, 5) is 29.3. The number of aromatic amines is 1. The predicted molar refractivity (Wildman–Crippen MR) is 122 cm³/mol. The van der Waals surface area contributed by atoms with Gasteiger partial charge in [-0.1, -0.05) is 19.9 Å². The lowest BCUT2D eigenvalue weighted by Gasteiger charge is -2.41. The first kappa shape index (κ1) is 27.8. The van der Waals surface area contributed by atoms with Gasteiger partial charge in [0.15, 0.2) is 0 Å². The second kappa shape index (κ2) is 10.7. The number of hydrogen-bond acceptors (Lipinski definition) is 3. The molecule has 0 bridgehead atoms. The monoisotopic (exact) mass is 517 g/mol. The van der Waals surface area contributed by atoms with E-state index in [9.17, 15) is 35.9 Å². The number of carbonyl (C=O) groups is 1. The number of H-pyrrole nitrogens is 1. The number of carbonyl (C=O) groups excluding carboxylic acids is 1. The number of aromatic nitrogens is 1. The van der Waals surface area contributed by atoms with Crippen molar-refractivity contribution in [3.8, 4) is 0 Å². The largest absolute Gasteiger partial charge is 0.416 e. The van der Waals surface area contributed by atoms with Crippen molar-refractivity contribution < 1.29 is 31.1 Å². The van der Waals surface area contributed by atoms with Gasteiger partial charge in [0.05, 0.1) is 16.5 Å². The number of nitrogens with zero attached hydrogens (tertiary/aromatic N) is 1. The molecule has 0 spiro atoms. The average molecular weight is 518 g/mol. The van der Waals surface area contributed by atoms with Crippen molar-refractivity contribution in [1.82, 2.24) is 15.2 Å². The molecule has 0 atom stereocenters. The second-order valence-electron chi connectivity index (χ2n) is 9.81. The molecule has 1 saturated heterocycles. The van der Waals surface area contributed by atoms with E-state index < -0.39 is 35.4 Å². The Morgan fingerprint density at radius 2 is 1.58 bits per heavy atom. The minimum Gasteiger partial charge on any atom is -0.352 e. The Morgan fingerprint density at radius 1 is 1.00 bits per heavy atom. The van der Waals surface area contributed by atoms with E-state index in [1.54, 1.807) is 12.3 Å². The standard InChI is InChI=1S/C25H29F6N3O2/c1-16(2)12-23(5-7-34(8-6-23)15-17-3-4-21(35)32-13-17)22(36)33-14-18-9-19(24(26,27)28)11-20(10-18)25(29,30)31/h3-4,9-11,13,16H,5-8,12,14-15H2,1-2H3,(H,32,35)(H,33,36). The molecule has 2 N–H and O–H groups in total. The first-order valence-corrected chi connectivity index (χ1v) is 11.6. The SMILES string of the molecule is CC(C)CC1(C(=O)NCc2cc(C(F)(F)F)cc(C(F)(F)F)c2)CCN(Cc2ccc(=O)[nH]c2)CC1. The third-order valence-electron chi connectivity index (χ3n) is 6.45. The van der Waals surface area contributed by atoms with Crippen LogP contribution in [0.1, 0.15) is 55.4 Å². The fraction of sp³-hybridized carbons (Fsp3) is 0.520. The van der Waals surface area contributed by atoms with E-state index in [1.165, 1.54) is 6.07 Å². The maximum Gasteiger partial charge on any atom is 0.416 e. The van der Waals surface area contributed by atoms with E-state index in [0.29, 0.717) is 51.0 Å². The van der Waals surface area contributed by atoms with Crippen molar-refractivity contribution in [3.63, 3.8) is 0 Å². The quantitative estimate of drug-likeness (QED) is 0.487. The van der Waals surface area contributed by atoms with Crippen molar-refractivity contribution in [2.24, 2.45) is 11.3 Å². The highest BCUT2D eigenvalue weighted by Gasteiger charge is 2.42. The van der Waals surface area contributed by atoms with Crippen LogP contribution in [0.15, 0.2) is 41.3 Å². The topological polar surface area (TPSA) is 65.2 Å². The van der Waals surface area contributed by atoms with Crippen molar-refractivity contribution >= 4 is 5.91 Å². The van der Waals surface area contributed by atoms with Crippen molar-refractivity contribution in [2.45, 2.75) is 58.6 Å². The van der Waals surface area contributed by atoms with Gasteiger partial charge >= 0.3 is 12.4 Å². The molecule has 1 fully saturated rings. The Labute approximate surface area is 204 Å². The Bertz CT molecular complexity index is 1060. The van der Waals surface area contributed by atoms with Crippen LogP contribution >= 0.6 is 0 Å². The van der Waals surface area contributed by atoms with Gasteiger partial charge in [0.2, 0.25) is 11.5 Å². The Hall–Kier alpha value is -2.82. The maximum absolute atomic E-state index is 13.3. The molecule has 1 aliphatic rings. The van der Waals surface area contributed by atoms with Crippen LogP contribution in [0.4, 0.5) is 26.3 Å². The lowest BCUT2D eigenvalue weighted by molar-refractivity contribution is -0.143. The minimum absolute atomic E-state index is 0.0731. The van der Waals surface area contributed by atoms with Gasteiger partial charge in [-0.25, -0.2) is 0 Å². The average Bonchev–Trinajstić information content (AvgIpc) is 2.78. The normalized spacial score (nSPS) is 16.8. The van der Waals surface area contributed by atoms with Crippen LogP contribution in [0, 0.1) is 11.3 Å². The molecule has 1 amide bonds. The fourth-order valence-corrected chi connectivity index (χ4v) is 4.74. The Morgan fingerprint density at radius 3 is 2.06 bits per heavy atom. The summed E-state index contributed by atoms with van der Waals surface area (Å²) in [5.41, 5.74) is -3.14. The van der Waals surface area contributed by atoms with Crippen LogP contribution in [-0.2, 0) is 30.2 Å². The number of halogens is 6. The summed E-state index contributed by atoms with van der Waals surface area (Å²) in [6.07, 6.45) is -6.72. The van der Waals surface area contributed by atoms with Crippen LogP contribution in [0.3, 0.4) is 0 Å². The highest BCUT2D eigenvalue weighted by Crippen LogP contribution is 2.39. The summed E-state index contributed by atoms with van der Waals surface area (Å²) in [5.74, 6) is -0.210. The van der Waals surface area contributed by atoms with E-state index >= 15 is 0 Å². The van der Waals surface area contributed by atoms with Crippen LogP contribution < -0.4 is 10.9 Å². The number of amides is 1. The number of likely N-dealkylation sites (tertiary alicyclic amines) is 1. The maximum atomic E-state index is 13.3. The second-order valence-corrected chi connectivity index (χ2v) is 9.81. The van der Waals surface area contributed by atoms with Gasteiger partial charge in [0.1, 0.15) is 0 Å². The van der Waals surface area contributed by atoms with Crippen molar-refractivity contribution in [3.05, 3.63) is 69.1 Å². The van der Waals surface area contributed by atoms with Gasteiger partial charge in [0, 0.05) is 25.4 Å². The smallest absolute Gasteiger partial charge is 0.352 e. The third kappa shape index (κ3) is 7.11. The van der Waals surface area contributed by atoms with Gasteiger partial charge in [-0.2, -0.15) is 26.3 Å². The molecule has 0 aliphatic carbocycles. The van der Waals surface area contributed by atoms with Crippen LogP contribution in [0.2, 0.25) is 0 Å². The molecule has 1 aromatic carbocycles. The molecule has 0 saturated carbocycles. The minimum atomic E-state index is -4.95. The molecule has 2 aromatic rings. The molecular weight excluding hydrogens is 488 g/mol. The summed E-state index contributed by atoms with van der Waals surface area (Å²) in [5, 5.41) is 2.61. The summed E-state index contributed by atoms with van der Waals surface area (Å²) >= 11 is 0. The molecular formula is C25H29F6N3O2. The number of nitrogens with one attached hydrogen (secondary N) is 2. The number of benzene rings is 1. The molecule has 3 rings (SSSR count). The predicted octanol–water partition coefficient (Wildman–Crippen LogP) is 5.36. The molecule has 5 nitrogen and oxygen atoms in total. The lowest BCUT2D eigenvalue weighted by Crippen LogP contribution is -2.49.